The molecule has 1 N–H and O–H groups in total. The van der Waals surface area contributed by atoms with Crippen LogP contribution in [0.15, 0.2) is 29.9 Å². The van der Waals surface area contributed by atoms with E-state index in [-0.39, 0.29) is 12.1 Å². The number of carbonyl (C=O) groups excluding carboxylic acids is 1. The lowest BCUT2D eigenvalue weighted by atomic mass is 10.3. The average Bonchev–Trinajstić information content (AvgIpc) is 3.11. The van der Waals surface area contributed by atoms with E-state index in [1.54, 1.807) is 22.1 Å². The molecule has 1 fully saturated rings. The summed E-state index contributed by atoms with van der Waals surface area (Å²) in [6.45, 7) is 1.40. The largest absolute Gasteiger partial charge is 0.322 e. The van der Waals surface area contributed by atoms with Crippen molar-refractivity contribution in [3.63, 3.8) is 0 Å². The van der Waals surface area contributed by atoms with Gasteiger partial charge in [-0.25, -0.2) is 4.79 Å². The van der Waals surface area contributed by atoms with Crippen molar-refractivity contribution < 1.29 is 4.79 Å². The fourth-order valence-corrected chi connectivity index (χ4v) is 2.67. The van der Waals surface area contributed by atoms with Crippen molar-refractivity contribution in [3.05, 3.63) is 29.9 Å². The molecular weight excluding hydrogens is 250 g/mol. The highest BCUT2D eigenvalue weighted by Gasteiger charge is 2.28. The quantitative estimate of drug-likeness (QED) is 0.899. The third-order valence-electron chi connectivity index (χ3n) is 2.97. The van der Waals surface area contributed by atoms with E-state index in [4.69, 9.17) is 0 Å². The van der Waals surface area contributed by atoms with Gasteiger partial charge in [-0.15, -0.1) is 11.3 Å². The zero-order valence-electron chi connectivity index (χ0n) is 9.69. The van der Waals surface area contributed by atoms with Gasteiger partial charge in [-0.3, -0.25) is 5.32 Å². The zero-order chi connectivity index (χ0) is 12.4. The summed E-state index contributed by atoms with van der Waals surface area (Å²) in [5.41, 5.74) is 0. The predicted molar refractivity (Wildman–Crippen MR) is 68.6 cm³/mol. The Hall–Kier alpha value is -1.89. The van der Waals surface area contributed by atoms with E-state index >= 15 is 0 Å². The van der Waals surface area contributed by atoms with Gasteiger partial charge in [-0.2, -0.15) is 15.0 Å². The molecule has 94 valence electrons. The Bertz CT molecular complexity index is 510. The van der Waals surface area contributed by atoms with E-state index in [2.05, 4.69) is 15.5 Å². The summed E-state index contributed by atoms with van der Waals surface area (Å²) in [7, 11) is 0. The SMILES string of the molecule is O=C(Nc1cccs1)N1CCC(n2nccn2)C1. The molecule has 0 bridgehead atoms. The van der Waals surface area contributed by atoms with Crippen LogP contribution in [0.5, 0.6) is 0 Å². The maximum Gasteiger partial charge on any atom is 0.322 e. The number of anilines is 1. The molecule has 0 spiro atoms. The summed E-state index contributed by atoms with van der Waals surface area (Å²) in [6, 6.07) is 3.95. The van der Waals surface area contributed by atoms with Crippen molar-refractivity contribution in [1.82, 2.24) is 19.9 Å². The minimum atomic E-state index is -0.0490. The first-order valence-corrected chi connectivity index (χ1v) is 6.66. The molecular formula is C11H13N5OS. The molecule has 1 aliphatic rings. The smallest absolute Gasteiger partial charge is 0.322 e. The Morgan fingerprint density at radius 2 is 2.28 bits per heavy atom. The standard InChI is InChI=1S/C11H13N5OS/c17-11(14-10-2-1-7-18-10)15-6-3-9(8-15)16-12-4-5-13-16/h1-2,4-5,7,9H,3,6,8H2,(H,14,17). The lowest BCUT2D eigenvalue weighted by Gasteiger charge is -2.16. The van der Waals surface area contributed by atoms with Crippen molar-refractivity contribution in [1.29, 1.82) is 0 Å². The second-order valence-electron chi connectivity index (χ2n) is 4.15. The normalized spacial score (nSPS) is 19.1. The number of nitrogens with zero attached hydrogens (tertiary/aromatic N) is 4. The van der Waals surface area contributed by atoms with Crippen LogP contribution in [0, 0.1) is 0 Å². The third kappa shape index (κ3) is 2.21. The molecule has 1 saturated heterocycles. The molecule has 0 aliphatic carbocycles. The number of nitrogens with one attached hydrogen (secondary N) is 1. The third-order valence-corrected chi connectivity index (χ3v) is 3.75. The highest BCUT2D eigenvalue weighted by molar-refractivity contribution is 7.14. The zero-order valence-corrected chi connectivity index (χ0v) is 10.5. The van der Waals surface area contributed by atoms with Crippen LogP contribution < -0.4 is 5.32 Å². The van der Waals surface area contributed by atoms with Crippen molar-refractivity contribution in [3.8, 4) is 0 Å². The Balaban J connectivity index is 1.60. The first-order chi connectivity index (χ1) is 8.83. The van der Waals surface area contributed by atoms with Gasteiger partial charge in [0.15, 0.2) is 0 Å². The van der Waals surface area contributed by atoms with E-state index in [1.165, 1.54) is 11.3 Å². The molecule has 1 unspecified atom stereocenters. The highest BCUT2D eigenvalue weighted by atomic mass is 32.1. The first-order valence-electron chi connectivity index (χ1n) is 5.78. The van der Waals surface area contributed by atoms with Gasteiger partial charge in [0.25, 0.3) is 0 Å². The van der Waals surface area contributed by atoms with E-state index in [1.807, 2.05) is 17.5 Å². The van der Waals surface area contributed by atoms with Crippen molar-refractivity contribution in [2.75, 3.05) is 18.4 Å². The van der Waals surface area contributed by atoms with Gasteiger partial charge in [0.2, 0.25) is 0 Å². The van der Waals surface area contributed by atoms with Crippen LogP contribution >= 0.6 is 11.3 Å². The van der Waals surface area contributed by atoms with Crippen molar-refractivity contribution in [2.24, 2.45) is 0 Å². The number of urea groups is 1. The van der Waals surface area contributed by atoms with Gasteiger partial charge in [-0.1, -0.05) is 0 Å². The van der Waals surface area contributed by atoms with Gasteiger partial charge in [-0.05, 0) is 23.9 Å². The summed E-state index contributed by atoms with van der Waals surface area (Å²) >= 11 is 1.52. The van der Waals surface area contributed by atoms with Gasteiger partial charge >= 0.3 is 6.03 Å². The fourth-order valence-electron chi connectivity index (χ4n) is 2.06. The number of thiophene rings is 1. The highest BCUT2D eigenvalue weighted by Crippen LogP contribution is 2.21. The number of aromatic nitrogens is 3. The predicted octanol–water partition coefficient (Wildman–Crippen LogP) is 1.82. The number of hydrogen-bond donors (Lipinski definition) is 1. The van der Waals surface area contributed by atoms with Gasteiger partial charge in [0, 0.05) is 13.1 Å². The van der Waals surface area contributed by atoms with Crippen molar-refractivity contribution >= 4 is 22.4 Å². The Labute approximate surface area is 108 Å². The molecule has 2 amide bonds. The molecule has 6 nitrogen and oxygen atoms in total. The lowest BCUT2D eigenvalue weighted by molar-refractivity contribution is 0.220. The van der Waals surface area contributed by atoms with Crippen LogP contribution in [0.25, 0.3) is 0 Å². The lowest BCUT2D eigenvalue weighted by Crippen LogP contribution is -2.33. The summed E-state index contributed by atoms with van der Waals surface area (Å²) in [4.78, 5) is 15.5. The molecule has 7 heteroatoms. The number of likely N-dealkylation sites (tertiary alicyclic amines) is 1. The van der Waals surface area contributed by atoms with E-state index in [9.17, 15) is 4.79 Å². The number of amides is 2. The van der Waals surface area contributed by atoms with Crippen LogP contribution in [-0.4, -0.2) is 39.0 Å². The van der Waals surface area contributed by atoms with Crippen molar-refractivity contribution in [2.45, 2.75) is 12.5 Å². The van der Waals surface area contributed by atoms with Crippen LogP contribution in [0.1, 0.15) is 12.5 Å². The number of rotatable bonds is 2. The maximum absolute atomic E-state index is 12.0. The molecule has 1 aliphatic heterocycles. The minimum Gasteiger partial charge on any atom is -0.322 e. The topological polar surface area (TPSA) is 63.1 Å². The van der Waals surface area contributed by atoms with Crippen LogP contribution in [0.2, 0.25) is 0 Å². The van der Waals surface area contributed by atoms with Crippen LogP contribution in [0.4, 0.5) is 9.80 Å². The second kappa shape index (κ2) is 4.77. The molecule has 2 aromatic heterocycles. The molecule has 0 saturated carbocycles. The van der Waals surface area contributed by atoms with E-state index in [0.717, 1.165) is 18.0 Å². The van der Waals surface area contributed by atoms with Gasteiger partial charge < -0.3 is 4.90 Å². The second-order valence-corrected chi connectivity index (χ2v) is 5.09. The Kier molecular flexibility index (Phi) is 2.97. The number of carbonyl (C=O) groups is 1. The summed E-state index contributed by atoms with van der Waals surface area (Å²) in [6.07, 6.45) is 4.22. The number of hydrogen-bond acceptors (Lipinski definition) is 4. The summed E-state index contributed by atoms with van der Waals surface area (Å²) < 4.78 is 0. The van der Waals surface area contributed by atoms with E-state index in [0.29, 0.717) is 6.54 Å². The molecule has 1 atom stereocenters. The molecule has 3 heterocycles. The molecule has 0 radical (unpaired) electrons. The van der Waals surface area contributed by atoms with E-state index < -0.39 is 0 Å². The molecule has 0 aromatic carbocycles. The fraction of sp³-hybridized carbons (Fsp3) is 0.364. The summed E-state index contributed by atoms with van der Waals surface area (Å²) in [5.74, 6) is 0. The molecule has 3 rings (SSSR count). The Morgan fingerprint density at radius 3 is 3.00 bits per heavy atom. The Morgan fingerprint density at radius 1 is 1.44 bits per heavy atom. The van der Waals surface area contributed by atoms with Crippen LogP contribution in [-0.2, 0) is 0 Å². The van der Waals surface area contributed by atoms with Gasteiger partial charge in [0.1, 0.15) is 0 Å². The minimum absolute atomic E-state index is 0.0490. The monoisotopic (exact) mass is 263 g/mol. The summed E-state index contributed by atoms with van der Waals surface area (Å²) in [5, 5.41) is 13.9. The first kappa shape index (κ1) is 11.2. The molecule has 2 aromatic rings. The average molecular weight is 263 g/mol. The van der Waals surface area contributed by atoms with Crippen LogP contribution in [0.3, 0.4) is 0 Å². The van der Waals surface area contributed by atoms with Gasteiger partial charge in [0.05, 0.1) is 23.4 Å². The molecule has 18 heavy (non-hydrogen) atoms. The maximum atomic E-state index is 12.0.